The maximum absolute atomic E-state index is 10.8. The molecule has 2 heterocycles. The summed E-state index contributed by atoms with van der Waals surface area (Å²) in [5.74, 6) is 0.0633. The quantitative estimate of drug-likeness (QED) is 0.404. The van der Waals surface area contributed by atoms with Crippen molar-refractivity contribution in [2.75, 3.05) is 0 Å². The Morgan fingerprint density at radius 2 is 2.60 bits per heavy atom. The number of fused-ring (bicyclic) bond motifs is 1. The molecule has 0 radical (unpaired) electrons. The predicted molar refractivity (Wildman–Crippen MR) is 37.0 cm³/mol. The van der Waals surface area contributed by atoms with E-state index in [0.29, 0.717) is 12.1 Å². The molecule has 1 amide bonds. The van der Waals surface area contributed by atoms with E-state index in [4.69, 9.17) is 0 Å². The normalized spacial score (nSPS) is 29.2. The van der Waals surface area contributed by atoms with E-state index in [-0.39, 0.29) is 11.3 Å². The molecule has 0 saturated carbocycles. The summed E-state index contributed by atoms with van der Waals surface area (Å²) in [7, 11) is 0. The van der Waals surface area contributed by atoms with Crippen molar-refractivity contribution >= 4 is 24.0 Å². The lowest BCUT2D eigenvalue weighted by molar-refractivity contribution is -0.139. The van der Waals surface area contributed by atoms with Gasteiger partial charge in [0.1, 0.15) is 0 Å². The smallest absolute Gasteiger partial charge is 0.231 e. The number of thioether (sulfide) groups is 1. The van der Waals surface area contributed by atoms with Gasteiger partial charge in [-0.25, -0.2) is 0 Å². The van der Waals surface area contributed by atoms with Gasteiger partial charge in [0.15, 0.2) is 6.29 Å². The van der Waals surface area contributed by atoms with Crippen LogP contribution in [0.2, 0.25) is 0 Å². The maximum atomic E-state index is 10.8. The fraction of sp³-hybridized carbons (Fsp3) is 0.333. The van der Waals surface area contributed by atoms with Crippen LogP contribution >= 0.6 is 11.8 Å². The zero-order chi connectivity index (χ0) is 7.14. The van der Waals surface area contributed by atoms with Crippen molar-refractivity contribution in [2.45, 2.75) is 11.8 Å². The predicted octanol–water partition coefficient (Wildman–Crippen LogP) is 0.332. The lowest BCUT2D eigenvalue weighted by atomic mass is 10.2. The van der Waals surface area contributed by atoms with Crippen LogP contribution in [0.15, 0.2) is 11.1 Å². The van der Waals surface area contributed by atoms with E-state index in [1.54, 1.807) is 17.2 Å². The van der Waals surface area contributed by atoms with E-state index < -0.39 is 0 Å². The first-order valence-corrected chi connectivity index (χ1v) is 3.90. The van der Waals surface area contributed by atoms with E-state index in [2.05, 4.69) is 0 Å². The Labute approximate surface area is 62.1 Å². The molecule has 0 aromatic carbocycles. The van der Waals surface area contributed by atoms with Gasteiger partial charge < -0.3 is 0 Å². The SMILES string of the molecule is O=CC1=CS[C@@H]2CC(=O)N12. The molecule has 0 unspecified atom stereocenters. The first kappa shape index (κ1) is 5.97. The second kappa shape index (κ2) is 1.85. The summed E-state index contributed by atoms with van der Waals surface area (Å²) in [6.07, 6.45) is 1.31. The molecule has 0 N–H and O–H groups in total. The minimum Gasteiger partial charge on any atom is -0.296 e. The molecule has 0 aromatic heterocycles. The molecule has 0 bridgehead atoms. The molecule has 1 saturated heterocycles. The van der Waals surface area contributed by atoms with Crippen molar-refractivity contribution < 1.29 is 9.59 Å². The molecule has 2 rings (SSSR count). The Balaban J connectivity index is 2.24. The molecule has 2 aliphatic heterocycles. The highest BCUT2D eigenvalue weighted by atomic mass is 32.2. The Hall–Kier alpha value is -0.770. The molecular weight excluding hydrogens is 150 g/mol. The van der Waals surface area contributed by atoms with Crippen LogP contribution in [-0.2, 0) is 9.59 Å². The van der Waals surface area contributed by atoms with E-state index >= 15 is 0 Å². The average Bonchev–Trinajstić information content (AvgIpc) is 2.25. The van der Waals surface area contributed by atoms with Crippen LogP contribution in [0.3, 0.4) is 0 Å². The van der Waals surface area contributed by atoms with Crippen molar-refractivity contribution in [1.29, 1.82) is 0 Å². The average molecular weight is 155 g/mol. The van der Waals surface area contributed by atoms with Crippen LogP contribution in [-0.4, -0.2) is 22.5 Å². The number of allylic oxidation sites excluding steroid dienone is 1. The third kappa shape index (κ3) is 0.568. The second-order valence-electron chi connectivity index (χ2n) is 2.22. The number of hydrogen-bond acceptors (Lipinski definition) is 3. The first-order valence-electron chi connectivity index (χ1n) is 2.96. The van der Waals surface area contributed by atoms with Crippen LogP contribution in [0.25, 0.3) is 0 Å². The second-order valence-corrected chi connectivity index (χ2v) is 3.27. The summed E-state index contributed by atoms with van der Waals surface area (Å²) in [6.45, 7) is 0. The lowest BCUT2D eigenvalue weighted by Gasteiger charge is -2.33. The number of nitrogens with zero attached hydrogens (tertiary/aromatic N) is 1. The summed E-state index contributed by atoms with van der Waals surface area (Å²) in [5, 5.41) is 1.97. The number of carbonyl (C=O) groups excluding carboxylic acids is 2. The number of rotatable bonds is 1. The molecule has 3 nitrogen and oxygen atoms in total. The monoisotopic (exact) mass is 155 g/mol. The highest BCUT2D eigenvalue weighted by molar-refractivity contribution is 8.03. The molecule has 4 heteroatoms. The zero-order valence-electron chi connectivity index (χ0n) is 5.11. The Bertz CT molecular complexity index is 236. The fourth-order valence-corrected chi connectivity index (χ4v) is 2.16. The Kier molecular flexibility index (Phi) is 1.11. The summed E-state index contributed by atoms with van der Waals surface area (Å²) in [6, 6.07) is 0. The van der Waals surface area contributed by atoms with Crippen LogP contribution in [0, 0.1) is 0 Å². The molecule has 0 aliphatic carbocycles. The van der Waals surface area contributed by atoms with Gasteiger partial charge >= 0.3 is 0 Å². The van der Waals surface area contributed by atoms with Gasteiger partial charge in [-0.2, -0.15) is 0 Å². The van der Waals surface area contributed by atoms with Gasteiger partial charge in [-0.05, 0) is 0 Å². The number of amides is 1. The van der Waals surface area contributed by atoms with Gasteiger partial charge in [0.2, 0.25) is 5.91 Å². The largest absolute Gasteiger partial charge is 0.296 e. The summed E-state index contributed by atoms with van der Waals surface area (Å²) in [4.78, 5) is 22.6. The molecular formula is C6H5NO2S. The highest BCUT2D eigenvalue weighted by Gasteiger charge is 2.41. The standard InChI is InChI=1S/C6H5NO2S/c8-2-4-3-10-6-1-5(9)7(4)6/h2-3,6H,1H2/t6-/m1/s1. The topological polar surface area (TPSA) is 37.4 Å². The number of β-lactam (4-membered cyclic amide) rings is 1. The van der Waals surface area contributed by atoms with E-state index in [1.807, 2.05) is 0 Å². The number of hydrogen-bond donors (Lipinski definition) is 0. The number of aldehydes is 1. The minimum absolute atomic E-state index is 0.0633. The summed E-state index contributed by atoms with van der Waals surface area (Å²) in [5.41, 5.74) is 0.520. The number of carbonyl (C=O) groups is 2. The lowest BCUT2D eigenvalue weighted by Crippen LogP contribution is -2.47. The Morgan fingerprint density at radius 3 is 3.10 bits per heavy atom. The Morgan fingerprint density at radius 1 is 1.80 bits per heavy atom. The summed E-state index contributed by atoms with van der Waals surface area (Å²) < 4.78 is 0. The zero-order valence-corrected chi connectivity index (χ0v) is 5.93. The summed E-state index contributed by atoms with van der Waals surface area (Å²) >= 11 is 1.54. The molecule has 2 aliphatic rings. The minimum atomic E-state index is 0.0633. The van der Waals surface area contributed by atoms with Gasteiger partial charge in [-0.1, -0.05) is 0 Å². The van der Waals surface area contributed by atoms with E-state index in [1.165, 1.54) is 4.90 Å². The van der Waals surface area contributed by atoms with Crippen LogP contribution in [0.5, 0.6) is 0 Å². The van der Waals surface area contributed by atoms with Gasteiger partial charge in [-0.3, -0.25) is 14.5 Å². The highest BCUT2D eigenvalue weighted by Crippen LogP contribution is 2.39. The molecule has 0 spiro atoms. The maximum Gasteiger partial charge on any atom is 0.231 e. The third-order valence-corrected chi connectivity index (χ3v) is 2.72. The van der Waals surface area contributed by atoms with Crippen LogP contribution in [0.1, 0.15) is 6.42 Å². The van der Waals surface area contributed by atoms with Crippen molar-refractivity contribution in [3.63, 3.8) is 0 Å². The molecule has 52 valence electrons. The molecule has 0 aromatic rings. The van der Waals surface area contributed by atoms with Crippen LogP contribution in [0.4, 0.5) is 0 Å². The van der Waals surface area contributed by atoms with Crippen molar-refractivity contribution in [3.8, 4) is 0 Å². The molecule has 1 fully saturated rings. The van der Waals surface area contributed by atoms with Gasteiger partial charge in [0.25, 0.3) is 0 Å². The van der Waals surface area contributed by atoms with Crippen molar-refractivity contribution in [1.82, 2.24) is 4.90 Å². The third-order valence-electron chi connectivity index (χ3n) is 1.65. The molecule has 10 heavy (non-hydrogen) atoms. The van der Waals surface area contributed by atoms with Crippen molar-refractivity contribution in [2.24, 2.45) is 0 Å². The van der Waals surface area contributed by atoms with Crippen molar-refractivity contribution in [3.05, 3.63) is 11.1 Å². The molecule has 1 atom stereocenters. The fourth-order valence-electron chi connectivity index (χ4n) is 1.10. The van der Waals surface area contributed by atoms with E-state index in [0.717, 1.165) is 6.29 Å². The van der Waals surface area contributed by atoms with Gasteiger partial charge in [0.05, 0.1) is 17.5 Å². The van der Waals surface area contributed by atoms with E-state index in [9.17, 15) is 9.59 Å². The van der Waals surface area contributed by atoms with Gasteiger partial charge in [-0.15, -0.1) is 11.8 Å². The first-order chi connectivity index (χ1) is 4.83. The van der Waals surface area contributed by atoms with Gasteiger partial charge in [0, 0.05) is 5.41 Å². The van der Waals surface area contributed by atoms with Crippen LogP contribution < -0.4 is 0 Å².